The van der Waals surface area contributed by atoms with Gasteiger partial charge in [0.2, 0.25) is 0 Å². The molecule has 0 spiro atoms. The molecule has 0 amide bonds. The van der Waals surface area contributed by atoms with Crippen molar-refractivity contribution in [3.63, 3.8) is 0 Å². The van der Waals surface area contributed by atoms with E-state index in [0.717, 1.165) is 35.2 Å². The standard InChI is InChI=1S/C16H12Br2O2S/c1-20-13-7-6-11(9-4-2-3-5-10(9)13)15(19)14-8-12(17)16(18)21-14/h2-8,15,19H,1H3. The summed E-state index contributed by atoms with van der Waals surface area (Å²) in [5, 5.41) is 12.7. The van der Waals surface area contributed by atoms with Gasteiger partial charge in [-0.1, -0.05) is 30.3 Å². The summed E-state index contributed by atoms with van der Waals surface area (Å²) in [6.07, 6.45) is -0.659. The molecule has 1 aromatic heterocycles. The molecule has 108 valence electrons. The van der Waals surface area contributed by atoms with Crippen LogP contribution in [0.2, 0.25) is 0 Å². The Morgan fingerprint density at radius 1 is 1.10 bits per heavy atom. The van der Waals surface area contributed by atoms with Crippen LogP contribution < -0.4 is 4.74 Å². The third kappa shape index (κ3) is 2.75. The van der Waals surface area contributed by atoms with E-state index in [0.29, 0.717) is 0 Å². The minimum absolute atomic E-state index is 0.659. The van der Waals surface area contributed by atoms with Gasteiger partial charge in [0.1, 0.15) is 11.9 Å². The van der Waals surface area contributed by atoms with E-state index in [4.69, 9.17) is 4.74 Å². The normalized spacial score (nSPS) is 12.6. The number of aliphatic hydroxyl groups is 1. The van der Waals surface area contributed by atoms with Crippen molar-refractivity contribution in [3.8, 4) is 5.75 Å². The number of thiophene rings is 1. The second kappa shape index (κ2) is 6.08. The van der Waals surface area contributed by atoms with Crippen LogP contribution in [0.4, 0.5) is 0 Å². The summed E-state index contributed by atoms with van der Waals surface area (Å²) in [4.78, 5) is 0.893. The van der Waals surface area contributed by atoms with Crippen molar-refractivity contribution in [1.82, 2.24) is 0 Å². The van der Waals surface area contributed by atoms with Gasteiger partial charge in [-0.3, -0.25) is 0 Å². The molecule has 0 aliphatic heterocycles. The molecular formula is C16H12Br2O2S. The van der Waals surface area contributed by atoms with Crippen LogP contribution in [0, 0.1) is 0 Å². The minimum Gasteiger partial charge on any atom is -0.496 e. The number of methoxy groups -OCH3 is 1. The van der Waals surface area contributed by atoms with Crippen LogP contribution in [0.5, 0.6) is 5.75 Å². The Morgan fingerprint density at radius 3 is 2.43 bits per heavy atom. The zero-order chi connectivity index (χ0) is 15.0. The average molecular weight is 428 g/mol. The van der Waals surface area contributed by atoms with E-state index >= 15 is 0 Å². The molecule has 3 rings (SSSR count). The summed E-state index contributed by atoms with van der Waals surface area (Å²) in [7, 11) is 1.66. The molecule has 1 N–H and O–H groups in total. The maximum Gasteiger partial charge on any atom is 0.126 e. The van der Waals surface area contributed by atoms with E-state index in [1.165, 1.54) is 11.3 Å². The molecule has 0 aliphatic rings. The van der Waals surface area contributed by atoms with Crippen molar-refractivity contribution >= 4 is 54.0 Å². The summed E-state index contributed by atoms with van der Waals surface area (Å²) in [6.45, 7) is 0. The van der Waals surface area contributed by atoms with Crippen LogP contribution in [0.3, 0.4) is 0 Å². The SMILES string of the molecule is COc1ccc(C(O)c2cc(Br)c(Br)s2)c2ccccc12. The molecule has 2 aromatic carbocycles. The first kappa shape index (κ1) is 15.0. The fourth-order valence-corrected chi connectivity index (χ4v) is 4.46. The quantitative estimate of drug-likeness (QED) is 0.596. The number of halogens is 2. The Hall–Kier alpha value is -0.880. The Bertz CT molecular complexity index is 779. The van der Waals surface area contributed by atoms with Gasteiger partial charge >= 0.3 is 0 Å². The number of hydrogen-bond donors (Lipinski definition) is 1. The summed E-state index contributed by atoms with van der Waals surface area (Å²) < 4.78 is 7.34. The smallest absolute Gasteiger partial charge is 0.126 e. The molecule has 0 aliphatic carbocycles. The second-order valence-electron chi connectivity index (χ2n) is 4.58. The van der Waals surface area contributed by atoms with E-state index in [1.54, 1.807) is 7.11 Å². The van der Waals surface area contributed by atoms with Gasteiger partial charge < -0.3 is 9.84 Å². The Morgan fingerprint density at radius 2 is 1.81 bits per heavy atom. The lowest BCUT2D eigenvalue weighted by Gasteiger charge is -2.14. The highest BCUT2D eigenvalue weighted by Gasteiger charge is 2.18. The second-order valence-corrected chi connectivity index (χ2v) is 7.83. The molecule has 0 radical (unpaired) electrons. The van der Waals surface area contributed by atoms with Gasteiger partial charge in [-0.15, -0.1) is 11.3 Å². The fraction of sp³-hybridized carbons (Fsp3) is 0.125. The third-order valence-corrected chi connectivity index (χ3v) is 6.67. The van der Waals surface area contributed by atoms with E-state index in [1.807, 2.05) is 42.5 Å². The number of benzene rings is 2. The number of aliphatic hydroxyl groups excluding tert-OH is 1. The predicted octanol–water partition coefficient (Wildman–Crippen LogP) is 5.52. The van der Waals surface area contributed by atoms with Crippen molar-refractivity contribution in [2.75, 3.05) is 7.11 Å². The van der Waals surface area contributed by atoms with Crippen molar-refractivity contribution in [3.05, 3.63) is 61.2 Å². The topological polar surface area (TPSA) is 29.5 Å². The van der Waals surface area contributed by atoms with Crippen LogP contribution >= 0.6 is 43.2 Å². The monoisotopic (exact) mass is 426 g/mol. The lowest BCUT2D eigenvalue weighted by Crippen LogP contribution is -1.99. The van der Waals surface area contributed by atoms with Crippen LogP contribution in [0.15, 0.2) is 50.7 Å². The van der Waals surface area contributed by atoms with Crippen LogP contribution in [0.25, 0.3) is 10.8 Å². The molecule has 2 nitrogen and oxygen atoms in total. The molecule has 0 saturated heterocycles. The highest BCUT2D eigenvalue weighted by Crippen LogP contribution is 2.40. The van der Waals surface area contributed by atoms with Crippen molar-refractivity contribution in [2.45, 2.75) is 6.10 Å². The highest BCUT2D eigenvalue weighted by molar-refractivity contribution is 9.13. The lowest BCUT2D eigenvalue weighted by atomic mass is 9.99. The summed E-state index contributed by atoms with van der Waals surface area (Å²) >= 11 is 8.46. The number of rotatable bonds is 3. The van der Waals surface area contributed by atoms with E-state index in [2.05, 4.69) is 31.9 Å². The first-order valence-electron chi connectivity index (χ1n) is 6.30. The van der Waals surface area contributed by atoms with Gasteiger partial charge in [-0.25, -0.2) is 0 Å². The summed E-state index contributed by atoms with van der Waals surface area (Å²) in [5.74, 6) is 0.815. The molecule has 1 heterocycles. The van der Waals surface area contributed by atoms with E-state index < -0.39 is 6.10 Å². The van der Waals surface area contributed by atoms with E-state index in [-0.39, 0.29) is 0 Å². The first-order chi connectivity index (χ1) is 10.1. The van der Waals surface area contributed by atoms with Crippen molar-refractivity contribution in [1.29, 1.82) is 0 Å². The Balaban J connectivity index is 2.16. The largest absolute Gasteiger partial charge is 0.496 e. The molecule has 0 fully saturated rings. The van der Waals surface area contributed by atoms with Gasteiger partial charge in [0.15, 0.2) is 0 Å². The molecule has 3 aromatic rings. The predicted molar refractivity (Wildman–Crippen MR) is 94.3 cm³/mol. The summed E-state index contributed by atoms with van der Waals surface area (Å²) in [6, 6.07) is 13.7. The number of hydrogen-bond acceptors (Lipinski definition) is 3. The molecular weight excluding hydrogens is 416 g/mol. The maximum absolute atomic E-state index is 10.7. The van der Waals surface area contributed by atoms with Gasteiger partial charge in [0.05, 0.1) is 10.9 Å². The van der Waals surface area contributed by atoms with Gasteiger partial charge in [0.25, 0.3) is 0 Å². The van der Waals surface area contributed by atoms with Crippen molar-refractivity contribution in [2.24, 2.45) is 0 Å². The molecule has 5 heteroatoms. The number of fused-ring (bicyclic) bond motifs is 1. The number of ether oxygens (including phenoxy) is 1. The van der Waals surface area contributed by atoms with Crippen molar-refractivity contribution < 1.29 is 9.84 Å². The molecule has 1 unspecified atom stereocenters. The maximum atomic E-state index is 10.7. The van der Waals surface area contributed by atoms with Gasteiger partial charge in [-0.05, 0) is 54.9 Å². The zero-order valence-corrected chi connectivity index (χ0v) is 15.1. The highest BCUT2D eigenvalue weighted by atomic mass is 79.9. The van der Waals surface area contributed by atoms with Gasteiger partial charge in [-0.2, -0.15) is 0 Å². The fourth-order valence-electron chi connectivity index (χ4n) is 2.36. The van der Waals surface area contributed by atoms with Crippen LogP contribution in [-0.2, 0) is 0 Å². The lowest BCUT2D eigenvalue weighted by molar-refractivity contribution is 0.225. The molecule has 0 bridgehead atoms. The zero-order valence-electron chi connectivity index (χ0n) is 11.1. The molecule has 1 atom stereocenters. The molecule has 21 heavy (non-hydrogen) atoms. The summed E-state index contributed by atoms with van der Waals surface area (Å²) in [5.41, 5.74) is 0.882. The first-order valence-corrected chi connectivity index (χ1v) is 8.70. The van der Waals surface area contributed by atoms with Crippen LogP contribution in [0.1, 0.15) is 16.5 Å². The Labute approximate surface area is 143 Å². The Kier molecular flexibility index (Phi) is 4.36. The van der Waals surface area contributed by atoms with Gasteiger partial charge in [0, 0.05) is 14.7 Å². The third-order valence-electron chi connectivity index (χ3n) is 3.37. The van der Waals surface area contributed by atoms with E-state index in [9.17, 15) is 5.11 Å². The minimum atomic E-state index is -0.659. The molecule has 0 saturated carbocycles. The average Bonchev–Trinajstić information content (AvgIpc) is 2.85. The van der Waals surface area contributed by atoms with Crippen LogP contribution in [-0.4, -0.2) is 12.2 Å².